The number of rotatable bonds is 5. The van der Waals surface area contributed by atoms with Crippen molar-refractivity contribution < 1.29 is 9.53 Å². The van der Waals surface area contributed by atoms with E-state index in [4.69, 9.17) is 16.2 Å². The van der Waals surface area contributed by atoms with Crippen LogP contribution < -0.4 is 21.5 Å². The van der Waals surface area contributed by atoms with Crippen molar-refractivity contribution in [1.29, 1.82) is 0 Å². The van der Waals surface area contributed by atoms with Gasteiger partial charge in [0.15, 0.2) is 0 Å². The number of ether oxygens (including phenoxy) is 1. The maximum Gasteiger partial charge on any atom is 0.252 e. The summed E-state index contributed by atoms with van der Waals surface area (Å²) < 4.78 is 5.24. The molecule has 0 fully saturated rings. The van der Waals surface area contributed by atoms with E-state index in [-0.39, 0.29) is 5.56 Å². The molecule has 2 aromatic heterocycles. The van der Waals surface area contributed by atoms with E-state index in [9.17, 15) is 4.79 Å². The summed E-state index contributed by atoms with van der Waals surface area (Å²) in [6, 6.07) is 4.95. The molecule has 104 valence electrons. The fourth-order valence-corrected chi connectivity index (χ4v) is 1.59. The van der Waals surface area contributed by atoms with E-state index in [1.54, 1.807) is 18.3 Å². The lowest BCUT2D eigenvalue weighted by atomic mass is 10.2. The van der Waals surface area contributed by atoms with Gasteiger partial charge < -0.3 is 21.5 Å². The van der Waals surface area contributed by atoms with Crippen molar-refractivity contribution in [3.05, 3.63) is 36.2 Å². The topological polar surface area (TPSA) is 116 Å². The quantitative estimate of drug-likeness (QED) is 0.756. The van der Waals surface area contributed by atoms with Crippen molar-refractivity contribution >= 4 is 23.1 Å². The maximum absolute atomic E-state index is 11.4. The minimum absolute atomic E-state index is 0.221. The summed E-state index contributed by atoms with van der Waals surface area (Å²) in [4.78, 5) is 19.5. The van der Waals surface area contributed by atoms with Crippen LogP contribution in [0.5, 0.6) is 5.88 Å². The molecule has 1 amide bonds. The number of hydrogen-bond acceptors (Lipinski definition) is 6. The number of nitrogens with zero attached hydrogens (tertiary/aromatic N) is 2. The standard InChI is InChI=1S/C13H15N5O2/c1-2-20-11-4-3-9(7-16-11)18-13-10(12(15)19)5-8(14)6-17-13/h3-7H,2,14H2,1H3,(H2,15,19)(H,17,18). The number of amides is 1. The first-order valence-electron chi connectivity index (χ1n) is 6.01. The highest BCUT2D eigenvalue weighted by Gasteiger charge is 2.10. The van der Waals surface area contributed by atoms with Gasteiger partial charge in [-0.15, -0.1) is 0 Å². The average molecular weight is 273 g/mol. The highest BCUT2D eigenvalue weighted by atomic mass is 16.5. The van der Waals surface area contributed by atoms with Gasteiger partial charge in [-0.05, 0) is 19.1 Å². The Balaban J connectivity index is 2.23. The van der Waals surface area contributed by atoms with Gasteiger partial charge in [-0.2, -0.15) is 0 Å². The molecule has 7 nitrogen and oxygen atoms in total. The molecule has 0 bridgehead atoms. The number of nitrogens with one attached hydrogen (secondary N) is 1. The molecule has 2 rings (SSSR count). The first-order chi connectivity index (χ1) is 9.60. The smallest absolute Gasteiger partial charge is 0.252 e. The lowest BCUT2D eigenvalue weighted by Crippen LogP contribution is -2.14. The summed E-state index contributed by atoms with van der Waals surface area (Å²) in [5.74, 6) is 0.252. The molecule has 2 aromatic rings. The van der Waals surface area contributed by atoms with Gasteiger partial charge in [0, 0.05) is 6.07 Å². The van der Waals surface area contributed by atoms with Gasteiger partial charge in [0.25, 0.3) is 5.91 Å². The third-order valence-electron chi connectivity index (χ3n) is 2.47. The van der Waals surface area contributed by atoms with Crippen molar-refractivity contribution in [3.8, 4) is 5.88 Å². The molecular weight excluding hydrogens is 258 g/mol. The monoisotopic (exact) mass is 273 g/mol. The molecule has 0 spiro atoms. The van der Waals surface area contributed by atoms with Crippen LogP contribution in [0, 0.1) is 0 Å². The molecule has 0 unspecified atom stereocenters. The SMILES string of the molecule is CCOc1ccc(Nc2ncc(N)cc2C(N)=O)cn1. The summed E-state index contributed by atoms with van der Waals surface area (Å²) in [7, 11) is 0. The van der Waals surface area contributed by atoms with Crippen molar-refractivity contribution in [2.24, 2.45) is 5.73 Å². The number of aromatic nitrogens is 2. The highest BCUT2D eigenvalue weighted by Crippen LogP contribution is 2.20. The Morgan fingerprint density at radius 2 is 2.15 bits per heavy atom. The molecule has 2 heterocycles. The summed E-state index contributed by atoms with van der Waals surface area (Å²) >= 11 is 0. The molecule has 0 atom stereocenters. The number of pyridine rings is 2. The molecule has 5 N–H and O–H groups in total. The number of nitrogens with two attached hydrogens (primary N) is 2. The Labute approximate surface area is 116 Å². The van der Waals surface area contributed by atoms with Crippen LogP contribution in [-0.4, -0.2) is 22.5 Å². The number of hydrogen-bond donors (Lipinski definition) is 3. The molecular formula is C13H15N5O2. The van der Waals surface area contributed by atoms with Gasteiger partial charge in [-0.3, -0.25) is 4.79 Å². The molecule has 0 aliphatic rings. The average Bonchev–Trinajstić information content (AvgIpc) is 2.43. The maximum atomic E-state index is 11.4. The van der Waals surface area contributed by atoms with E-state index in [0.717, 1.165) is 0 Å². The number of primary amides is 1. The van der Waals surface area contributed by atoms with E-state index in [1.807, 2.05) is 6.92 Å². The van der Waals surface area contributed by atoms with E-state index in [1.165, 1.54) is 12.3 Å². The van der Waals surface area contributed by atoms with Crippen LogP contribution in [0.25, 0.3) is 0 Å². The van der Waals surface area contributed by atoms with Crippen molar-refractivity contribution in [2.75, 3.05) is 17.7 Å². The summed E-state index contributed by atoms with van der Waals surface area (Å²) in [6.07, 6.45) is 3.02. The molecule has 0 radical (unpaired) electrons. The van der Waals surface area contributed by atoms with Crippen LogP contribution >= 0.6 is 0 Å². The molecule has 0 saturated carbocycles. The van der Waals surface area contributed by atoms with Gasteiger partial charge in [0.1, 0.15) is 5.82 Å². The van der Waals surface area contributed by atoms with E-state index in [2.05, 4.69) is 15.3 Å². The van der Waals surface area contributed by atoms with Crippen LogP contribution in [0.15, 0.2) is 30.6 Å². The Bertz CT molecular complexity index is 613. The molecule has 0 aliphatic carbocycles. The lowest BCUT2D eigenvalue weighted by Gasteiger charge is -2.10. The van der Waals surface area contributed by atoms with Gasteiger partial charge in [0.2, 0.25) is 5.88 Å². The second-order valence-electron chi connectivity index (χ2n) is 3.97. The van der Waals surface area contributed by atoms with E-state index >= 15 is 0 Å². The Kier molecular flexibility index (Phi) is 3.99. The van der Waals surface area contributed by atoms with Crippen molar-refractivity contribution in [3.63, 3.8) is 0 Å². The number of carbonyl (C=O) groups is 1. The van der Waals surface area contributed by atoms with Crippen molar-refractivity contribution in [2.45, 2.75) is 6.92 Å². The Hall–Kier alpha value is -2.83. The number of anilines is 3. The van der Waals surface area contributed by atoms with E-state index in [0.29, 0.717) is 29.7 Å². The van der Waals surface area contributed by atoms with Crippen LogP contribution in [-0.2, 0) is 0 Å². The molecule has 7 heteroatoms. The minimum Gasteiger partial charge on any atom is -0.478 e. The first-order valence-corrected chi connectivity index (χ1v) is 6.01. The minimum atomic E-state index is -0.605. The van der Waals surface area contributed by atoms with Crippen LogP contribution in [0.3, 0.4) is 0 Å². The van der Waals surface area contributed by atoms with Crippen LogP contribution in [0.2, 0.25) is 0 Å². The zero-order valence-corrected chi connectivity index (χ0v) is 11.0. The van der Waals surface area contributed by atoms with Crippen molar-refractivity contribution in [1.82, 2.24) is 9.97 Å². The van der Waals surface area contributed by atoms with Gasteiger partial charge in [0.05, 0.1) is 35.9 Å². The third-order valence-corrected chi connectivity index (χ3v) is 2.47. The van der Waals surface area contributed by atoms with Gasteiger partial charge in [-0.1, -0.05) is 0 Å². The number of carbonyl (C=O) groups excluding carboxylic acids is 1. The molecule has 20 heavy (non-hydrogen) atoms. The van der Waals surface area contributed by atoms with Gasteiger partial charge >= 0.3 is 0 Å². The molecule has 0 aliphatic heterocycles. The first kappa shape index (κ1) is 13.6. The zero-order chi connectivity index (χ0) is 14.5. The Morgan fingerprint density at radius 1 is 1.35 bits per heavy atom. The Morgan fingerprint density at radius 3 is 2.75 bits per heavy atom. The summed E-state index contributed by atoms with van der Waals surface area (Å²) in [5.41, 5.74) is 12.1. The predicted octanol–water partition coefficient (Wildman–Crippen LogP) is 1.30. The normalized spacial score (nSPS) is 10.1. The third kappa shape index (κ3) is 3.14. The summed E-state index contributed by atoms with van der Waals surface area (Å²) in [5, 5.41) is 2.96. The van der Waals surface area contributed by atoms with Gasteiger partial charge in [-0.25, -0.2) is 9.97 Å². The summed E-state index contributed by atoms with van der Waals surface area (Å²) in [6.45, 7) is 2.43. The highest BCUT2D eigenvalue weighted by molar-refractivity contribution is 5.99. The molecule has 0 saturated heterocycles. The lowest BCUT2D eigenvalue weighted by molar-refractivity contribution is 0.100. The second kappa shape index (κ2) is 5.87. The van der Waals surface area contributed by atoms with Crippen LogP contribution in [0.1, 0.15) is 17.3 Å². The largest absolute Gasteiger partial charge is 0.478 e. The fourth-order valence-electron chi connectivity index (χ4n) is 1.59. The van der Waals surface area contributed by atoms with Crippen LogP contribution in [0.4, 0.5) is 17.2 Å². The number of nitrogen functional groups attached to an aromatic ring is 1. The fraction of sp³-hybridized carbons (Fsp3) is 0.154. The van der Waals surface area contributed by atoms with E-state index < -0.39 is 5.91 Å². The predicted molar refractivity (Wildman–Crippen MR) is 75.9 cm³/mol. The molecule has 0 aromatic carbocycles. The zero-order valence-electron chi connectivity index (χ0n) is 11.0. The second-order valence-corrected chi connectivity index (χ2v) is 3.97.